The predicted octanol–water partition coefficient (Wildman–Crippen LogP) is 1.93. The SMILES string of the molecule is Cc1ccc(C)c(OCC(=O)NCC(C(=O)O)C2CCOCC2)c1. The minimum Gasteiger partial charge on any atom is -0.483 e. The summed E-state index contributed by atoms with van der Waals surface area (Å²) in [6.07, 6.45) is 1.43. The first kappa shape index (κ1) is 18.3. The molecule has 0 radical (unpaired) electrons. The molecular formula is C18H25NO5. The van der Waals surface area contributed by atoms with E-state index in [0.717, 1.165) is 11.1 Å². The number of carbonyl (C=O) groups is 2. The monoisotopic (exact) mass is 335 g/mol. The second kappa shape index (κ2) is 8.68. The molecule has 0 aliphatic carbocycles. The molecule has 1 unspecified atom stereocenters. The smallest absolute Gasteiger partial charge is 0.308 e. The molecule has 132 valence electrons. The Labute approximate surface area is 142 Å². The summed E-state index contributed by atoms with van der Waals surface area (Å²) in [5.41, 5.74) is 2.01. The number of carbonyl (C=O) groups excluding carboxylic acids is 1. The molecule has 6 heteroatoms. The van der Waals surface area contributed by atoms with Gasteiger partial charge in [0.2, 0.25) is 0 Å². The molecule has 1 aromatic carbocycles. The molecule has 1 aromatic rings. The maximum Gasteiger partial charge on any atom is 0.308 e. The van der Waals surface area contributed by atoms with Crippen molar-refractivity contribution in [2.75, 3.05) is 26.4 Å². The lowest BCUT2D eigenvalue weighted by atomic mass is 9.86. The van der Waals surface area contributed by atoms with E-state index in [2.05, 4.69) is 5.32 Å². The quantitative estimate of drug-likeness (QED) is 0.795. The molecule has 0 aromatic heterocycles. The van der Waals surface area contributed by atoms with Gasteiger partial charge < -0.3 is 19.9 Å². The maximum atomic E-state index is 12.0. The highest BCUT2D eigenvalue weighted by atomic mass is 16.5. The van der Waals surface area contributed by atoms with Crippen LogP contribution in [-0.4, -0.2) is 43.3 Å². The Morgan fingerprint density at radius 1 is 1.33 bits per heavy atom. The van der Waals surface area contributed by atoms with E-state index in [-0.39, 0.29) is 25.0 Å². The molecule has 1 heterocycles. The van der Waals surface area contributed by atoms with Crippen molar-refractivity contribution >= 4 is 11.9 Å². The molecular weight excluding hydrogens is 310 g/mol. The zero-order valence-electron chi connectivity index (χ0n) is 14.2. The van der Waals surface area contributed by atoms with Crippen molar-refractivity contribution in [2.24, 2.45) is 11.8 Å². The minimum absolute atomic E-state index is 0.0384. The highest BCUT2D eigenvalue weighted by Crippen LogP contribution is 2.24. The molecule has 0 bridgehead atoms. The Kier molecular flexibility index (Phi) is 6.61. The van der Waals surface area contributed by atoms with E-state index in [1.54, 1.807) is 0 Å². The molecule has 0 spiro atoms. The number of nitrogens with one attached hydrogen (secondary N) is 1. The van der Waals surface area contributed by atoms with Crippen molar-refractivity contribution in [3.63, 3.8) is 0 Å². The Hall–Kier alpha value is -2.08. The molecule has 1 aliphatic heterocycles. The Balaban J connectivity index is 1.82. The number of hydrogen-bond acceptors (Lipinski definition) is 4. The van der Waals surface area contributed by atoms with Crippen molar-refractivity contribution in [3.8, 4) is 5.75 Å². The van der Waals surface area contributed by atoms with Crippen molar-refractivity contribution in [2.45, 2.75) is 26.7 Å². The summed E-state index contributed by atoms with van der Waals surface area (Å²) in [4.78, 5) is 23.4. The van der Waals surface area contributed by atoms with Gasteiger partial charge in [-0.3, -0.25) is 9.59 Å². The van der Waals surface area contributed by atoms with Gasteiger partial charge in [-0.05, 0) is 49.8 Å². The molecule has 1 saturated heterocycles. The highest BCUT2D eigenvalue weighted by molar-refractivity contribution is 5.78. The lowest BCUT2D eigenvalue weighted by Gasteiger charge is -2.27. The van der Waals surface area contributed by atoms with Crippen LogP contribution in [0.5, 0.6) is 5.75 Å². The van der Waals surface area contributed by atoms with E-state index in [9.17, 15) is 14.7 Å². The third-order valence-corrected chi connectivity index (χ3v) is 4.37. The first-order valence-electron chi connectivity index (χ1n) is 8.24. The summed E-state index contributed by atoms with van der Waals surface area (Å²) >= 11 is 0. The second-order valence-corrected chi connectivity index (χ2v) is 6.26. The zero-order chi connectivity index (χ0) is 17.5. The number of carboxylic acids is 1. The molecule has 0 saturated carbocycles. The number of rotatable bonds is 7. The fourth-order valence-electron chi connectivity index (χ4n) is 2.85. The standard InChI is InChI=1S/C18H25NO5/c1-12-3-4-13(2)16(9-12)24-11-17(20)19-10-15(18(21)22)14-5-7-23-8-6-14/h3-4,9,14-15H,5-8,10-11H2,1-2H3,(H,19,20)(H,21,22). The van der Waals surface area contributed by atoms with Gasteiger partial charge in [0.1, 0.15) is 5.75 Å². The van der Waals surface area contributed by atoms with Gasteiger partial charge in [0.25, 0.3) is 5.91 Å². The van der Waals surface area contributed by atoms with Gasteiger partial charge >= 0.3 is 5.97 Å². The van der Waals surface area contributed by atoms with Crippen LogP contribution in [0.25, 0.3) is 0 Å². The van der Waals surface area contributed by atoms with Crippen LogP contribution in [0.1, 0.15) is 24.0 Å². The van der Waals surface area contributed by atoms with Gasteiger partial charge in [0, 0.05) is 19.8 Å². The number of hydrogen-bond donors (Lipinski definition) is 2. The molecule has 1 aliphatic rings. The average Bonchev–Trinajstić information content (AvgIpc) is 2.56. The van der Waals surface area contributed by atoms with Crippen LogP contribution in [0, 0.1) is 25.7 Å². The van der Waals surface area contributed by atoms with Crippen molar-refractivity contribution < 1.29 is 24.2 Å². The zero-order valence-corrected chi connectivity index (χ0v) is 14.2. The summed E-state index contributed by atoms with van der Waals surface area (Å²) in [6, 6.07) is 5.80. The second-order valence-electron chi connectivity index (χ2n) is 6.26. The van der Waals surface area contributed by atoms with E-state index in [0.29, 0.717) is 31.8 Å². The number of ether oxygens (including phenoxy) is 2. The van der Waals surface area contributed by atoms with Gasteiger partial charge in [-0.1, -0.05) is 12.1 Å². The minimum atomic E-state index is -0.877. The average molecular weight is 335 g/mol. The van der Waals surface area contributed by atoms with E-state index >= 15 is 0 Å². The Bertz CT molecular complexity index is 581. The van der Waals surface area contributed by atoms with Gasteiger partial charge in [-0.15, -0.1) is 0 Å². The van der Waals surface area contributed by atoms with Crippen LogP contribution in [0.4, 0.5) is 0 Å². The van der Waals surface area contributed by atoms with Crippen LogP contribution < -0.4 is 10.1 Å². The van der Waals surface area contributed by atoms with Crippen LogP contribution in [0.3, 0.4) is 0 Å². The number of aryl methyl sites for hydroxylation is 2. The lowest BCUT2D eigenvalue weighted by Crippen LogP contribution is -2.40. The van der Waals surface area contributed by atoms with Crippen molar-refractivity contribution in [3.05, 3.63) is 29.3 Å². The molecule has 2 N–H and O–H groups in total. The summed E-state index contributed by atoms with van der Waals surface area (Å²) in [7, 11) is 0. The Morgan fingerprint density at radius 3 is 2.71 bits per heavy atom. The fourth-order valence-corrected chi connectivity index (χ4v) is 2.85. The summed E-state index contributed by atoms with van der Waals surface area (Å²) in [5.74, 6) is -1.06. The lowest BCUT2D eigenvalue weighted by molar-refractivity contribution is -0.145. The van der Waals surface area contributed by atoms with E-state index in [1.807, 2.05) is 32.0 Å². The van der Waals surface area contributed by atoms with Crippen LogP contribution in [0.15, 0.2) is 18.2 Å². The van der Waals surface area contributed by atoms with Crippen molar-refractivity contribution in [1.82, 2.24) is 5.32 Å². The molecule has 1 atom stereocenters. The molecule has 1 fully saturated rings. The molecule has 6 nitrogen and oxygen atoms in total. The van der Waals surface area contributed by atoms with Gasteiger partial charge in [0.15, 0.2) is 6.61 Å². The first-order valence-corrected chi connectivity index (χ1v) is 8.24. The Morgan fingerprint density at radius 2 is 2.04 bits per heavy atom. The van der Waals surface area contributed by atoms with Crippen LogP contribution >= 0.6 is 0 Å². The van der Waals surface area contributed by atoms with Gasteiger partial charge in [-0.25, -0.2) is 0 Å². The van der Waals surface area contributed by atoms with Gasteiger partial charge in [0.05, 0.1) is 5.92 Å². The first-order chi connectivity index (χ1) is 11.5. The molecule has 1 amide bonds. The third-order valence-electron chi connectivity index (χ3n) is 4.37. The predicted molar refractivity (Wildman–Crippen MR) is 89.1 cm³/mol. The summed E-state index contributed by atoms with van der Waals surface area (Å²) in [5, 5.41) is 12.1. The maximum absolute atomic E-state index is 12.0. The van der Waals surface area contributed by atoms with E-state index in [1.165, 1.54) is 0 Å². The summed E-state index contributed by atoms with van der Waals surface area (Å²) < 4.78 is 10.8. The van der Waals surface area contributed by atoms with E-state index in [4.69, 9.17) is 9.47 Å². The number of aliphatic carboxylic acids is 1. The van der Waals surface area contributed by atoms with Crippen LogP contribution in [-0.2, 0) is 14.3 Å². The fraction of sp³-hybridized carbons (Fsp3) is 0.556. The van der Waals surface area contributed by atoms with Crippen molar-refractivity contribution in [1.29, 1.82) is 0 Å². The largest absolute Gasteiger partial charge is 0.483 e. The number of carboxylic acid groups (broad SMARTS) is 1. The topological polar surface area (TPSA) is 84.9 Å². The normalized spacial score (nSPS) is 16.4. The highest BCUT2D eigenvalue weighted by Gasteiger charge is 2.30. The van der Waals surface area contributed by atoms with E-state index < -0.39 is 11.9 Å². The third kappa shape index (κ3) is 5.23. The van der Waals surface area contributed by atoms with Gasteiger partial charge in [-0.2, -0.15) is 0 Å². The number of benzene rings is 1. The number of amides is 1. The summed E-state index contributed by atoms with van der Waals surface area (Å²) in [6.45, 7) is 5.03. The van der Waals surface area contributed by atoms with Crippen LogP contribution in [0.2, 0.25) is 0 Å². The molecule has 2 rings (SSSR count). The molecule has 24 heavy (non-hydrogen) atoms.